The molecule has 4 heteroatoms. The van der Waals surface area contributed by atoms with Gasteiger partial charge in [0.25, 0.3) is 15.0 Å². The van der Waals surface area contributed by atoms with Gasteiger partial charge in [0.15, 0.2) is 0 Å². The van der Waals surface area contributed by atoms with Gasteiger partial charge >= 0.3 is 0 Å². The van der Waals surface area contributed by atoms with Gasteiger partial charge in [-0.2, -0.15) is 0 Å². The molecule has 0 aliphatic carbocycles. The fourth-order valence-corrected chi connectivity index (χ4v) is 1.30. The Morgan fingerprint density at radius 1 is 1.45 bits per heavy atom. The maximum absolute atomic E-state index is 5.82. The molecule has 0 aliphatic rings. The molecule has 0 aromatic rings. The summed E-state index contributed by atoms with van der Waals surface area (Å²) in [6.45, 7) is 6.02. The minimum atomic E-state index is -0.767. The van der Waals surface area contributed by atoms with Gasteiger partial charge < -0.3 is 9.16 Å². The zero-order chi connectivity index (χ0) is 8.85. The molecule has 0 fully saturated rings. The van der Waals surface area contributed by atoms with Crippen LogP contribution in [-0.2, 0) is 9.16 Å². The van der Waals surface area contributed by atoms with Crippen molar-refractivity contribution in [2.75, 3.05) is 7.11 Å². The second-order valence-electron chi connectivity index (χ2n) is 2.26. The summed E-state index contributed by atoms with van der Waals surface area (Å²) < 4.78 is 10.3. The molecule has 0 bridgehead atoms. The first-order valence-electron chi connectivity index (χ1n) is 3.52. The van der Waals surface area contributed by atoms with Gasteiger partial charge in [0, 0.05) is 0 Å². The molecule has 0 spiro atoms. The van der Waals surface area contributed by atoms with E-state index in [9.17, 15) is 0 Å². The van der Waals surface area contributed by atoms with Gasteiger partial charge in [-0.3, -0.25) is 0 Å². The van der Waals surface area contributed by atoms with E-state index < -0.39 is 9.04 Å². The first-order valence-corrected chi connectivity index (χ1v) is 6.31. The molecule has 1 radical (unpaired) electrons. The molecular weight excluding hydrogens is 180 g/mol. The Hall–Kier alpha value is -0.153. The van der Waals surface area contributed by atoms with Crippen molar-refractivity contribution >= 4 is 20.6 Å². The molecule has 2 nitrogen and oxygen atoms in total. The van der Waals surface area contributed by atoms with Crippen LogP contribution in [0.2, 0.25) is 13.1 Å². The molecule has 0 atom stereocenters. The molecule has 0 aromatic heterocycles. The number of hydrogen-bond acceptors (Lipinski definition) is 2. The minimum Gasteiger partial charge on any atom is -0.517 e. The zero-order valence-electron chi connectivity index (χ0n) is 7.40. The Balaban J connectivity index is 4.14. The smallest absolute Gasteiger partial charge is 0.280 e. The quantitative estimate of drug-likeness (QED) is 0.505. The lowest BCUT2D eigenvalue weighted by Gasteiger charge is -2.12. The lowest BCUT2D eigenvalue weighted by molar-refractivity contribution is 0.149. The molecule has 0 saturated heterocycles. The van der Waals surface area contributed by atoms with Gasteiger partial charge in [-0.05, 0) is 19.5 Å². The first kappa shape index (κ1) is 10.8. The lowest BCUT2D eigenvalue weighted by Crippen LogP contribution is -2.09. The van der Waals surface area contributed by atoms with Crippen molar-refractivity contribution in [3.63, 3.8) is 0 Å². The third-order valence-corrected chi connectivity index (χ3v) is 2.03. The fourth-order valence-electron chi connectivity index (χ4n) is 0.538. The summed E-state index contributed by atoms with van der Waals surface area (Å²) in [6.07, 6.45) is 0.750. The number of methoxy groups -OCH3 is 1. The van der Waals surface area contributed by atoms with Crippen LogP contribution in [0.5, 0.6) is 0 Å². The van der Waals surface area contributed by atoms with Crippen LogP contribution in [0, 0.1) is 0 Å². The molecule has 0 amide bonds. The standard InChI is InChI=1S/C7H14ClO2Si/c1-5-6(8)7(9-2)10-11(3)4/h5H2,1-4H3/b7-6-. The van der Waals surface area contributed by atoms with Gasteiger partial charge in [0.2, 0.25) is 0 Å². The van der Waals surface area contributed by atoms with E-state index in [4.69, 9.17) is 20.8 Å². The van der Waals surface area contributed by atoms with Crippen LogP contribution < -0.4 is 0 Å². The Labute approximate surface area is 74.9 Å². The van der Waals surface area contributed by atoms with Crippen LogP contribution >= 0.6 is 11.6 Å². The summed E-state index contributed by atoms with van der Waals surface area (Å²) in [5, 5.41) is 0.652. The Bertz CT molecular complexity index is 145. The summed E-state index contributed by atoms with van der Waals surface area (Å²) in [5.41, 5.74) is 0. The number of halogens is 1. The summed E-state index contributed by atoms with van der Waals surface area (Å²) in [7, 11) is 0.800. The number of ether oxygens (including phenoxy) is 1. The molecule has 0 N–H and O–H groups in total. The van der Waals surface area contributed by atoms with Crippen molar-refractivity contribution in [3.8, 4) is 0 Å². The molecular formula is C7H14ClO2Si. The predicted octanol–water partition coefficient (Wildman–Crippen LogP) is 2.72. The molecule has 0 rings (SSSR count). The first-order chi connectivity index (χ1) is 5.11. The van der Waals surface area contributed by atoms with Gasteiger partial charge in [-0.1, -0.05) is 18.5 Å². The van der Waals surface area contributed by atoms with E-state index in [0.29, 0.717) is 11.0 Å². The summed E-state index contributed by atoms with van der Waals surface area (Å²) in [6, 6.07) is 0. The Kier molecular flexibility index (Phi) is 5.41. The highest BCUT2D eigenvalue weighted by atomic mass is 35.5. The molecule has 0 aliphatic heterocycles. The second-order valence-corrected chi connectivity index (χ2v) is 4.74. The number of rotatable bonds is 4. The molecule has 0 saturated carbocycles. The summed E-state index contributed by atoms with van der Waals surface area (Å²) in [5.74, 6) is 0.480. The van der Waals surface area contributed by atoms with E-state index in [0.717, 1.165) is 6.42 Å². The van der Waals surface area contributed by atoms with Gasteiger partial charge in [-0.25, -0.2) is 0 Å². The minimum absolute atomic E-state index is 0.480. The normalized spacial score (nSPS) is 12.9. The topological polar surface area (TPSA) is 18.5 Å². The third kappa shape index (κ3) is 4.32. The maximum Gasteiger partial charge on any atom is 0.280 e. The summed E-state index contributed by atoms with van der Waals surface area (Å²) in [4.78, 5) is 0. The average Bonchev–Trinajstić information content (AvgIpc) is 1.98. The van der Waals surface area contributed by atoms with Gasteiger partial charge in [0.1, 0.15) is 0 Å². The third-order valence-electron chi connectivity index (χ3n) is 1.01. The van der Waals surface area contributed by atoms with Gasteiger partial charge in [0.05, 0.1) is 12.1 Å². The lowest BCUT2D eigenvalue weighted by atomic mass is 10.5. The highest BCUT2D eigenvalue weighted by Gasteiger charge is 2.07. The number of allylic oxidation sites excluding steroid dienone is 1. The molecule has 65 valence electrons. The van der Waals surface area contributed by atoms with Crippen molar-refractivity contribution in [3.05, 3.63) is 11.0 Å². The van der Waals surface area contributed by atoms with Crippen molar-refractivity contribution in [1.82, 2.24) is 0 Å². The van der Waals surface area contributed by atoms with Crippen LogP contribution in [0.1, 0.15) is 13.3 Å². The maximum atomic E-state index is 5.82. The van der Waals surface area contributed by atoms with Crippen LogP contribution in [-0.4, -0.2) is 16.2 Å². The van der Waals surface area contributed by atoms with Crippen molar-refractivity contribution in [2.24, 2.45) is 0 Å². The van der Waals surface area contributed by atoms with E-state index in [1.165, 1.54) is 0 Å². The zero-order valence-corrected chi connectivity index (χ0v) is 9.16. The van der Waals surface area contributed by atoms with E-state index >= 15 is 0 Å². The molecule has 11 heavy (non-hydrogen) atoms. The Morgan fingerprint density at radius 3 is 2.27 bits per heavy atom. The average molecular weight is 194 g/mol. The van der Waals surface area contributed by atoms with Crippen LogP contribution in [0.25, 0.3) is 0 Å². The predicted molar refractivity (Wildman–Crippen MR) is 48.7 cm³/mol. The largest absolute Gasteiger partial charge is 0.517 e. The highest BCUT2D eigenvalue weighted by Crippen LogP contribution is 2.15. The van der Waals surface area contributed by atoms with Crippen molar-refractivity contribution < 1.29 is 9.16 Å². The monoisotopic (exact) mass is 193 g/mol. The molecule has 0 unspecified atom stereocenters. The Morgan fingerprint density at radius 2 is 2.00 bits per heavy atom. The molecule has 0 heterocycles. The van der Waals surface area contributed by atoms with E-state index in [1.54, 1.807) is 7.11 Å². The highest BCUT2D eigenvalue weighted by molar-refractivity contribution is 6.48. The van der Waals surface area contributed by atoms with Crippen LogP contribution in [0.4, 0.5) is 0 Å². The van der Waals surface area contributed by atoms with Gasteiger partial charge in [-0.15, -0.1) is 0 Å². The SMILES string of the molecule is CC/C(Cl)=C(\OC)O[Si](C)C. The number of hydrogen-bond donors (Lipinski definition) is 0. The second kappa shape index (κ2) is 5.49. The molecule has 0 aromatic carbocycles. The van der Waals surface area contributed by atoms with Crippen molar-refractivity contribution in [2.45, 2.75) is 26.4 Å². The van der Waals surface area contributed by atoms with Crippen LogP contribution in [0.3, 0.4) is 0 Å². The van der Waals surface area contributed by atoms with E-state index in [1.807, 2.05) is 20.0 Å². The van der Waals surface area contributed by atoms with E-state index in [2.05, 4.69) is 0 Å². The summed E-state index contributed by atoms with van der Waals surface area (Å²) >= 11 is 5.82. The van der Waals surface area contributed by atoms with Crippen LogP contribution in [0.15, 0.2) is 11.0 Å². The fraction of sp³-hybridized carbons (Fsp3) is 0.714. The van der Waals surface area contributed by atoms with E-state index in [-0.39, 0.29) is 0 Å². The van der Waals surface area contributed by atoms with Crippen molar-refractivity contribution in [1.29, 1.82) is 0 Å².